The largest absolute Gasteiger partial charge is 0.378 e. The number of amides is 2. The van der Waals surface area contributed by atoms with Gasteiger partial charge in [0.15, 0.2) is 0 Å². The first-order chi connectivity index (χ1) is 9.34. The molecule has 3 heterocycles. The number of morpholine rings is 1. The summed E-state index contributed by atoms with van der Waals surface area (Å²) >= 11 is 0. The molecule has 0 atom stereocenters. The number of aromatic amines is 1. The van der Waals surface area contributed by atoms with E-state index in [1.807, 2.05) is 9.80 Å². The molecule has 2 saturated heterocycles. The Hall–Kier alpha value is -1.83. The number of nitrogens with zero attached hydrogens (tertiary/aromatic N) is 5. The van der Waals surface area contributed by atoms with Crippen LogP contribution in [-0.2, 0) is 4.74 Å². The summed E-state index contributed by atoms with van der Waals surface area (Å²) < 4.78 is 5.26. The molecule has 1 aromatic heterocycles. The Morgan fingerprint density at radius 1 is 1.11 bits per heavy atom. The minimum absolute atomic E-state index is 0.125. The number of H-pyrrole nitrogens is 1. The number of ether oxygens (including phenoxy) is 1. The first-order valence-electron chi connectivity index (χ1n) is 6.56. The third-order valence-corrected chi connectivity index (χ3v) is 3.53. The van der Waals surface area contributed by atoms with Crippen LogP contribution in [-0.4, -0.2) is 83.5 Å². The summed E-state index contributed by atoms with van der Waals surface area (Å²) in [6.45, 7) is 5.68. The lowest BCUT2D eigenvalue weighted by Gasteiger charge is -2.38. The van der Waals surface area contributed by atoms with Gasteiger partial charge in [0.25, 0.3) is 0 Å². The highest BCUT2D eigenvalue weighted by Gasteiger charge is 2.26. The van der Waals surface area contributed by atoms with Gasteiger partial charge >= 0.3 is 6.03 Å². The number of carbonyl (C=O) groups is 1. The zero-order chi connectivity index (χ0) is 13.1. The highest BCUT2D eigenvalue weighted by Crippen LogP contribution is 2.11. The van der Waals surface area contributed by atoms with Crippen molar-refractivity contribution in [3.8, 4) is 0 Å². The van der Waals surface area contributed by atoms with E-state index in [2.05, 4.69) is 20.1 Å². The second kappa shape index (κ2) is 5.43. The zero-order valence-electron chi connectivity index (χ0n) is 10.8. The second-order valence-electron chi connectivity index (χ2n) is 4.67. The summed E-state index contributed by atoms with van der Waals surface area (Å²) in [6.07, 6.45) is 1.50. The molecule has 19 heavy (non-hydrogen) atoms. The number of piperazine rings is 1. The van der Waals surface area contributed by atoms with Crippen molar-refractivity contribution in [2.45, 2.75) is 0 Å². The number of anilines is 1. The Kier molecular flexibility index (Phi) is 3.49. The molecule has 0 radical (unpaired) electrons. The number of hydrogen-bond donors (Lipinski definition) is 1. The monoisotopic (exact) mass is 266 g/mol. The van der Waals surface area contributed by atoms with Crippen molar-refractivity contribution in [3.05, 3.63) is 6.33 Å². The minimum atomic E-state index is 0.125. The summed E-state index contributed by atoms with van der Waals surface area (Å²) in [5.74, 6) is 0.776. The third kappa shape index (κ3) is 2.62. The molecule has 0 aliphatic carbocycles. The molecule has 1 N–H and O–H groups in total. The van der Waals surface area contributed by atoms with E-state index in [0.29, 0.717) is 26.3 Å². The summed E-state index contributed by atoms with van der Waals surface area (Å²) in [5, 5.41) is 6.69. The van der Waals surface area contributed by atoms with Gasteiger partial charge in [0.2, 0.25) is 5.95 Å². The van der Waals surface area contributed by atoms with Crippen LogP contribution in [0.5, 0.6) is 0 Å². The van der Waals surface area contributed by atoms with Crippen molar-refractivity contribution in [1.29, 1.82) is 0 Å². The van der Waals surface area contributed by atoms with E-state index >= 15 is 0 Å². The maximum absolute atomic E-state index is 12.3. The number of urea groups is 1. The second-order valence-corrected chi connectivity index (χ2v) is 4.67. The molecule has 2 amide bonds. The Morgan fingerprint density at radius 3 is 2.42 bits per heavy atom. The molecule has 2 aliphatic rings. The van der Waals surface area contributed by atoms with E-state index in [1.165, 1.54) is 6.33 Å². The molecule has 104 valence electrons. The number of aromatic nitrogens is 3. The average molecular weight is 266 g/mol. The lowest BCUT2D eigenvalue weighted by atomic mass is 10.3. The van der Waals surface area contributed by atoms with Crippen LogP contribution >= 0.6 is 0 Å². The minimum Gasteiger partial charge on any atom is -0.378 e. The van der Waals surface area contributed by atoms with Gasteiger partial charge in [-0.15, -0.1) is 0 Å². The third-order valence-electron chi connectivity index (χ3n) is 3.53. The van der Waals surface area contributed by atoms with E-state index < -0.39 is 0 Å². The topological polar surface area (TPSA) is 77.6 Å². The highest BCUT2D eigenvalue weighted by atomic mass is 16.5. The number of carbonyl (C=O) groups excluding carboxylic acids is 1. The van der Waals surface area contributed by atoms with Crippen molar-refractivity contribution < 1.29 is 9.53 Å². The van der Waals surface area contributed by atoms with E-state index in [9.17, 15) is 4.79 Å². The Balaban J connectivity index is 1.53. The van der Waals surface area contributed by atoms with Crippen LogP contribution in [0.4, 0.5) is 10.7 Å². The smallest absolute Gasteiger partial charge is 0.320 e. The Labute approximate surface area is 111 Å². The van der Waals surface area contributed by atoms with Gasteiger partial charge in [0.1, 0.15) is 6.33 Å². The van der Waals surface area contributed by atoms with Gasteiger partial charge < -0.3 is 19.4 Å². The van der Waals surface area contributed by atoms with Crippen molar-refractivity contribution in [1.82, 2.24) is 25.0 Å². The summed E-state index contributed by atoms with van der Waals surface area (Å²) in [5.41, 5.74) is 0. The van der Waals surface area contributed by atoms with E-state index in [4.69, 9.17) is 4.74 Å². The molecule has 2 fully saturated rings. The highest BCUT2D eigenvalue weighted by molar-refractivity contribution is 5.74. The molecule has 0 aromatic carbocycles. The van der Waals surface area contributed by atoms with Gasteiger partial charge in [0, 0.05) is 39.3 Å². The van der Waals surface area contributed by atoms with Crippen molar-refractivity contribution in [3.63, 3.8) is 0 Å². The molecule has 2 aliphatic heterocycles. The number of rotatable bonds is 1. The fourth-order valence-corrected chi connectivity index (χ4v) is 2.42. The van der Waals surface area contributed by atoms with Crippen molar-refractivity contribution in [2.75, 3.05) is 57.4 Å². The number of nitrogens with one attached hydrogen (secondary N) is 1. The number of hydrogen-bond acceptors (Lipinski definition) is 5. The maximum atomic E-state index is 12.3. The predicted molar refractivity (Wildman–Crippen MR) is 68.0 cm³/mol. The van der Waals surface area contributed by atoms with Crippen molar-refractivity contribution in [2.24, 2.45) is 0 Å². The first-order valence-corrected chi connectivity index (χ1v) is 6.56. The molecule has 8 heteroatoms. The molecular formula is C11H18N6O2. The SMILES string of the molecule is O=C(N1CCOCC1)N1CCN(c2ncn[nH]2)CC1. The summed E-state index contributed by atoms with van der Waals surface area (Å²) in [4.78, 5) is 22.3. The molecule has 0 unspecified atom stereocenters. The van der Waals surface area contributed by atoms with Gasteiger partial charge in [-0.1, -0.05) is 0 Å². The average Bonchev–Trinajstić information content (AvgIpc) is 3.02. The van der Waals surface area contributed by atoms with Gasteiger partial charge in [-0.3, -0.25) is 0 Å². The molecule has 0 saturated carbocycles. The fourth-order valence-electron chi connectivity index (χ4n) is 2.42. The summed E-state index contributed by atoms with van der Waals surface area (Å²) in [7, 11) is 0. The molecule has 0 spiro atoms. The molecule has 0 bridgehead atoms. The van der Waals surface area contributed by atoms with Crippen LogP contribution in [0.1, 0.15) is 0 Å². The van der Waals surface area contributed by atoms with E-state index in [0.717, 1.165) is 32.1 Å². The van der Waals surface area contributed by atoms with Crippen LogP contribution in [0.2, 0.25) is 0 Å². The van der Waals surface area contributed by atoms with Crippen LogP contribution in [0, 0.1) is 0 Å². The Bertz CT molecular complexity index is 409. The van der Waals surface area contributed by atoms with E-state index in [-0.39, 0.29) is 6.03 Å². The quantitative estimate of drug-likeness (QED) is 0.733. The van der Waals surface area contributed by atoms with Gasteiger partial charge in [0.05, 0.1) is 13.2 Å². The first kappa shape index (κ1) is 12.2. The molecule has 1 aromatic rings. The van der Waals surface area contributed by atoms with Crippen LogP contribution in [0.25, 0.3) is 0 Å². The lowest BCUT2D eigenvalue weighted by Crippen LogP contribution is -2.55. The molecule has 8 nitrogen and oxygen atoms in total. The Morgan fingerprint density at radius 2 is 1.79 bits per heavy atom. The maximum Gasteiger partial charge on any atom is 0.320 e. The van der Waals surface area contributed by atoms with Crippen LogP contribution in [0.3, 0.4) is 0 Å². The summed E-state index contributed by atoms with van der Waals surface area (Å²) in [6, 6.07) is 0.125. The van der Waals surface area contributed by atoms with Crippen molar-refractivity contribution >= 4 is 12.0 Å². The van der Waals surface area contributed by atoms with Gasteiger partial charge in [-0.25, -0.2) is 9.89 Å². The predicted octanol–water partition coefficient (Wildman–Crippen LogP) is -0.621. The lowest BCUT2D eigenvalue weighted by molar-refractivity contribution is 0.0428. The van der Waals surface area contributed by atoms with Crippen LogP contribution in [0.15, 0.2) is 6.33 Å². The molecular weight excluding hydrogens is 248 g/mol. The zero-order valence-corrected chi connectivity index (χ0v) is 10.8. The fraction of sp³-hybridized carbons (Fsp3) is 0.727. The van der Waals surface area contributed by atoms with E-state index in [1.54, 1.807) is 0 Å². The van der Waals surface area contributed by atoms with Gasteiger partial charge in [-0.05, 0) is 0 Å². The molecule has 3 rings (SSSR count). The standard InChI is InChI=1S/C11H18N6O2/c18-11(17-5-7-19-8-6-17)16-3-1-15(2-4-16)10-12-9-13-14-10/h9H,1-8H2,(H,12,13,14). The van der Waals surface area contributed by atoms with Crippen LogP contribution < -0.4 is 4.90 Å². The normalized spacial score (nSPS) is 20.7. The van der Waals surface area contributed by atoms with Gasteiger partial charge in [-0.2, -0.15) is 10.1 Å².